The first-order valence-corrected chi connectivity index (χ1v) is 7.71. The van der Waals surface area contributed by atoms with Gasteiger partial charge in [-0.2, -0.15) is 0 Å². The summed E-state index contributed by atoms with van der Waals surface area (Å²) >= 11 is 7.41. The van der Waals surface area contributed by atoms with Crippen molar-refractivity contribution in [2.24, 2.45) is 5.92 Å². The molecule has 1 atom stereocenters. The Labute approximate surface area is 127 Å². The van der Waals surface area contributed by atoms with Crippen molar-refractivity contribution in [1.29, 1.82) is 0 Å². The van der Waals surface area contributed by atoms with Crippen LogP contribution in [0.5, 0.6) is 0 Å². The third kappa shape index (κ3) is 3.34. The van der Waals surface area contributed by atoms with Crippen LogP contribution in [0.25, 0.3) is 0 Å². The first kappa shape index (κ1) is 15.4. The second kappa shape index (κ2) is 6.61. The highest BCUT2D eigenvalue weighted by molar-refractivity contribution is 8.13. The van der Waals surface area contributed by atoms with Crippen molar-refractivity contribution < 1.29 is 14.7 Å². The lowest BCUT2D eigenvalue weighted by Gasteiger charge is -2.21. The standard InChI is InChI=1S/C14H16ClNO3S/c1-9(18)20-8-10-5-13(19)16(6-10)14-11(7-17)3-2-4-12(14)15/h2-4,10,17H,5-8H2,1H3. The van der Waals surface area contributed by atoms with E-state index in [9.17, 15) is 14.7 Å². The zero-order valence-corrected chi connectivity index (χ0v) is 12.7. The fourth-order valence-corrected chi connectivity index (χ4v) is 3.32. The van der Waals surface area contributed by atoms with Gasteiger partial charge in [0.05, 0.1) is 17.3 Å². The molecule has 1 aromatic rings. The largest absolute Gasteiger partial charge is 0.392 e. The van der Waals surface area contributed by atoms with E-state index in [1.807, 2.05) is 0 Å². The molecular formula is C14H16ClNO3S. The molecule has 1 N–H and O–H groups in total. The Morgan fingerprint density at radius 2 is 2.30 bits per heavy atom. The molecule has 1 aromatic carbocycles. The Hall–Kier alpha value is -1.04. The van der Waals surface area contributed by atoms with Crippen molar-refractivity contribution in [3.8, 4) is 0 Å². The predicted octanol–water partition coefficient (Wildman–Crippen LogP) is 2.46. The molecule has 0 aromatic heterocycles. The number of carbonyl (C=O) groups excluding carboxylic acids is 2. The van der Waals surface area contributed by atoms with Crippen LogP contribution in [0, 0.1) is 5.92 Å². The molecule has 0 saturated carbocycles. The predicted molar refractivity (Wildman–Crippen MR) is 81.0 cm³/mol. The number of benzene rings is 1. The summed E-state index contributed by atoms with van der Waals surface area (Å²) in [5, 5.41) is 9.91. The number of rotatable bonds is 4. The molecular weight excluding hydrogens is 298 g/mol. The molecule has 1 fully saturated rings. The fourth-order valence-electron chi connectivity index (χ4n) is 2.33. The number of halogens is 1. The normalized spacial score (nSPS) is 18.6. The third-order valence-corrected chi connectivity index (χ3v) is 4.59. The van der Waals surface area contributed by atoms with Crippen molar-refractivity contribution in [2.45, 2.75) is 20.0 Å². The second-order valence-electron chi connectivity index (χ2n) is 4.78. The van der Waals surface area contributed by atoms with Crippen LogP contribution in [0.4, 0.5) is 5.69 Å². The van der Waals surface area contributed by atoms with Crippen LogP contribution in [0.15, 0.2) is 18.2 Å². The van der Waals surface area contributed by atoms with Gasteiger partial charge in [0.2, 0.25) is 5.91 Å². The van der Waals surface area contributed by atoms with Gasteiger partial charge in [0.25, 0.3) is 0 Å². The maximum Gasteiger partial charge on any atom is 0.227 e. The molecule has 20 heavy (non-hydrogen) atoms. The van der Waals surface area contributed by atoms with Crippen LogP contribution in [0.1, 0.15) is 18.9 Å². The average Bonchev–Trinajstić information content (AvgIpc) is 2.77. The van der Waals surface area contributed by atoms with Crippen molar-refractivity contribution >= 4 is 40.1 Å². The van der Waals surface area contributed by atoms with Crippen molar-refractivity contribution in [1.82, 2.24) is 0 Å². The smallest absolute Gasteiger partial charge is 0.227 e. The third-order valence-electron chi connectivity index (χ3n) is 3.24. The summed E-state index contributed by atoms with van der Waals surface area (Å²) in [6.45, 7) is 1.90. The number of hydrogen-bond acceptors (Lipinski definition) is 4. The highest BCUT2D eigenvalue weighted by atomic mass is 35.5. The molecule has 4 nitrogen and oxygen atoms in total. The summed E-state index contributed by atoms with van der Waals surface area (Å²) in [5.74, 6) is 0.761. The average molecular weight is 314 g/mol. The quantitative estimate of drug-likeness (QED) is 0.927. The molecule has 0 bridgehead atoms. The van der Waals surface area contributed by atoms with Gasteiger partial charge < -0.3 is 10.0 Å². The lowest BCUT2D eigenvalue weighted by molar-refractivity contribution is -0.117. The Kier molecular flexibility index (Phi) is 5.07. The van der Waals surface area contributed by atoms with Crippen LogP contribution in [0.3, 0.4) is 0 Å². The number of aliphatic hydroxyl groups is 1. The highest BCUT2D eigenvalue weighted by Crippen LogP contribution is 2.35. The summed E-state index contributed by atoms with van der Waals surface area (Å²) < 4.78 is 0. The number of thioether (sulfide) groups is 1. The molecule has 1 unspecified atom stereocenters. The molecule has 1 aliphatic heterocycles. The van der Waals surface area contributed by atoms with Gasteiger partial charge >= 0.3 is 0 Å². The van der Waals surface area contributed by atoms with Crippen LogP contribution in [0.2, 0.25) is 5.02 Å². The van der Waals surface area contributed by atoms with Gasteiger partial charge in [-0.15, -0.1) is 0 Å². The molecule has 6 heteroatoms. The number of aliphatic hydroxyl groups excluding tert-OH is 1. The van der Waals surface area contributed by atoms with Gasteiger partial charge in [0, 0.05) is 31.2 Å². The molecule has 0 radical (unpaired) electrons. The summed E-state index contributed by atoms with van der Waals surface area (Å²) in [6.07, 6.45) is 0.413. The highest BCUT2D eigenvalue weighted by Gasteiger charge is 2.32. The van der Waals surface area contributed by atoms with Gasteiger partial charge in [-0.05, 0) is 12.0 Å². The summed E-state index contributed by atoms with van der Waals surface area (Å²) in [4.78, 5) is 24.8. The molecule has 0 aliphatic carbocycles. The minimum atomic E-state index is -0.160. The minimum absolute atomic E-state index is 0.0121. The van der Waals surface area contributed by atoms with E-state index in [1.165, 1.54) is 18.7 Å². The molecule has 1 aliphatic rings. The number of anilines is 1. The SMILES string of the molecule is CC(=O)SCC1CC(=O)N(c2c(Cl)cccc2CO)C1. The van der Waals surface area contributed by atoms with E-state index in [2.05, 4.69) is 0 Å². The zero-order chi connectivity index (χ0) is 14.7. The van der Waals surface area contributed by atoms with Gasteiger partial charge in [0.1, 0.15) is 0 Å². The molecule has 1 saturated heterocycles. The lowest BCUT2D eigenvalue weighted by Crippen LogP contribution is -2.26. The summed E-state index contributed by atoms with van der Waals surface area (Å²) in [6, 6.07) is 5.22. The van der Waals surface area contributed by atoms with E-state index < -0.39 is 0 Å². The molecule has 108 valence electrons. The number of para-hydroxylation sites is 1. The van der Waals surface area contributed by atoms with E-state index in [4.69, 9.17) is 11.6 Å². The van der Waals surface area contributed by atoms with Gasteiger partial charge in [-0.1, -0.05) is 35.5 Å². The molecule has 2 rings (SSSR count). The number of amides is 1. The van der Waals surface area contributed by atoms with Crippen molar-refractivity contribution in [3.05, 3.63) is 28.8 Å². The Morgan fingerprint density at radius 3 is 2.95 bits per heavy atom. The monoisotopic (exact) mass is 313 g/mol. The van der Waals surface area contributed by atoms with E-state index in [-0.39, 0.29) is 23.5 Å². The van der Waals surface area contributed by atoms with Crippen molar-refractivity contribution in [2.75, 3.05) is 17.2 Å². The molecule has 1 amide bonds. The maximum atomic E-state index is 12.1. The summed E-state index contributed by atoms with van der Waals surface area (Å²) in [5.41, 5.74) is 1.24. The first-order valence-electron chi connectivity index (χ1n) is 6.35. The Morgan fingerprint density at radius 1 is 1.55 bits per heavy atom. The summed E-state index contributed by atoms with van der Waals surface area (Å²) in [7, 11) is 0. The maximum absolute atomic E-state index is 12.1. The minimum Gasteiger partial charge on any atom is -0.392 e. The first-order chi connectivity index (χ1) is 9.52. The van der Waals surface area contributed by atoms with Gasteiger partial charge in [0.15, 0.2) is 5.12 Å². The fraction of sp³-hybridized carbons (Fsp3) is 0.429. The van der Waals surface area contributed by atoms with E-state index in [0.717, 1.165) is 0 Å². The van der Waals surface area contributed by atoms with Gasteiger partial charge in [-0.3, -0.25) is 9.59 Å². The second-order valence-corrected chi connectivity index (χ2v) is 6.39. The van der Waals surface area contributed by atoms with Crippen LogP contribution in [-0.2, 0) is 16.2 Å². The van der Waals surface area contributed by atoms with E-state index in [1.54, 1.807) is 23.1 Å². The lowest BCUT2D eigenvalue weighted by atomic mass is 10.1. The molecule has 0 spiro atoms. The van der Waals surface area contributed by atoms with Crippen LogP contribution >= 0.6 is 23.4 Å². The van der Waals surface area contributed by atoms with Crippen LogP contribution in [-0.4, -0.2) is 28.4 Å². The van der Waals surface area contributed by atoms with Gasteiger partial charge in [-0.25, -0.2) is 0 Å². The van der Waals surface area contributed by atoms with E-state index in [0.29, 0.717) is 35.0 Å². The van der Waals surface area contributed by atoms with Crippen LogP contribution < -0.4 is 4.90 Å². The zero-order valence-electron chi connectivity index (χ0n) is 11.1. The molecule has 1 heterocycles. The number of carbonyl (C=O) groups is 2. The Balaban J connectivity index is 2.18. The number of hydrogen-bond donors (Lipinski definition) is 1. The van der Waals surface area contributed by atoms with E-state index >= 15 is 0 Å². The topological polar surface area (TPSA) is 57.6 Å². The Bertz CT molecular complexity index is 535. The number of nitrogens with zero attached hydrogens (tertiary/aromatic N) is 1. The van der Waals surface area contributed by atoms with Crippen molar-refractivity contribution in [3.63, 3.8) is 0 Å².